The summed E-state index contributed by atoms with van der Waals surface area (Å²) < 4.78 is 0. The third-order valence-corrected chi connectivity index (χ3v) is 3.15. The zero-order chi connectivity index (χ0) is 12.2. The first kappa shape index (κ1) is 12.8. The van der Waals surface area contributed by atoms with Crippen molar-refractivity contribution in [1.82, 2.24) is 0 Å². The van der Waals surface area contributed by atoms with E-state index < -0.39 is 5.97 Å². The molecule has 16 heavy (non-hydrogen) atoms. The van der Waals surface area contributed by atoms with Gasteiger partial charge in [-0.2, -0.15) is 0 Å². The number of hydrogen-bond acceptors (Lipinski definition) is 1. The van der Waals surface area contributed by atoms with Gasteiger partial charge in [-0.05, 0) is 23.8 Å². The lowest BCUT2D eigenvalue weighted by Gasteiger charge is -2.31. The Labute approximate surface area is 97.3 Å². The smallest absolute Gasteiger partial charge is 0.307 e. The number of aliphatic carboxylic acids is 1. The van der Waals surface area contributed by atoms with Crippen molar-refractivity contribution in [1.29, 1.82) is 0 Å². The Balaban J connectivity index is 2.81. The maximum atomic E-state index is 11.2. The number of benzene rings is 1. The van der Waals surface area contributed by atoms with E-state index in [-0.39, 0.29) is 11.3 Å². The Morgan fingerprint density at radius 1 is 1.31 bits per heavy atom. The molecule has 0 heterocycles. The molecule has 0 aliphatic carbocycles. The molecule has 0 spiro atoms. The Hall–Kier alpha value is -1.31. The normalized spacial score (nSPS) is 13.4. The Bertz CT molecular complexity index is 341. The van der Waals surface area contributed by atoms with Gasteiger partial charge in [-0.25, -0.2) is 0 Å². The maximum Gasteiger partial charge on any atom is 0.307 e. The average molecular weight is 220 g/mol. The van der Waals surface area contributed by atoms with E-state index >= 15 is 0 Å². The Morgan fingerprint density at radius 3 is 2.31 bits per heavy atom. The fraction of sp³-hybridized carbons (Fsp3) is 0.500. The first-order valence-electron chi connectivity index (χ1n) is 5.74. The lowest BCUT2D eigenvalue weighted by Crippen LogP contribution is -2.32. The van der Waals surface area contributed by atoms with Crippen LogP contribution in [0.3, 0.4) is 0 Å². The van der Waals surface area contributed by atoms with Crippen molar-refractivity contribution in [3.05, 3.63) is 35.9 Å². The minimum Gasteiger partial charge on any atom is -0.481 e. The van der Waals surface area contributed by atoms with Gasteiger partial charge >= 0.3 is 5.97 Å². The second-order valence-corrected chi connectivity index (χ2v) is 4.95. The maximum absolute atomic E-state index is 11.2. The van der Waals surface area contributed by atoms with Gasteiger partial charge in [-0.3, -0.25) is 4.79 Å². The summed E-state index contributed by atoms with van der Waals surface area (Å²) >= 11 is 0. The van der Waals surface area contributed by atoms with Gasteiger partial charge in [0.15, 0.2) is 0 Å². The molecule has 1 unspecified atom stereocenters. The van der Waals surface area contributed by atoms with Crippen LogP contribution in [-0.2, 0) is 11.2 Å². The number of rotatable bonds is 5. The summed E-state index contributed by atoms with van der Waals surface area (Å²) in [5, 5.41) is 9.19. The van der Waals surface area contributed by atoms with E-state index in [1.54, 1.807) is 0 Å². The topological polar surface area (TPSA) is 37.3 Å². The van der Waals surface area contributed by atoms with Crippen LogP contribution >= 0.6 is 0 Å². The van der Waals surface area contributed by atoms with Crippen molar-refractivity contribution in [2.75, 3.05) is 0 Å². The molecule has 1 rings (SSSR count). The van der Waals surface area contributed by atoms with Crippen molar-refractivity contribution in [2.45, 2.75) is 33.6 Å². The van der Waals surface area contributed by atoms with Crippen LogP contribution in [0.5, 0.6) is 0 Å². The fourth-order valence-electron chi connectivity index (χ4n) is 2.31. The lowest BCUT2D eigenvalue weighted by atomic mass is 9.73. The molecule has 0 aliphatic heterocycles. The van der Waals surface area contributed by atoms with Gasteiger partial charge in [-0.15, -0.1) is 0 Å². The second kappa shape index (κ2) is 5.15. The van der Waals surface area contributed by atoms with Crippen molar-refractivity contribution in [3.63, 3.8) is 0 Å². The van der Waals surface area contributed by atoms with E-state index in [1.807, 2.05) is 39.0 Å². The first-order valence-corrected chi connectivity index (χ1v) is 5.74. The molecule has 0 saturated heterocycles. The molecule has 2 nitrogen and oxygen atoms in total. The van der Waals surface area contributed by atoms with Crippen LogP contribution in [0.4, 0.5) is 0 Å². The predicted molar refractivity (Wildman–Crippen MR) is 65.3 cm³/mol. The summed E-state index contributed by atoms with van der Waals surface area (Å²) in [5.74, 6) is -0.976. The number of carboxylic acid groups (broad SMARTS) is 1. The van der Waals surface area contributed by atoms with Gasteiger partial charge in [0.1, 0.15) is 0 Å². The summed E-state index contributed by atoms with van der Waals surface area (Å²) in [6.45, 7) is 6.00. The van der Waals surface area contributed by atoms with E-state index in [2.05, 4.69) is 12.1 Å². The van der Waals surface area contributed by atoms with Crippen molar-refractivity contribution >= 4 is 5.97 Å². The molecule has 0 aliphatic rings. The summed E-state index contributed by atoms with van der Waals surface area (Å²) in [5.41, 5.74) is 0.995. The van der Waals surface area contributed by atoms with E-state index in [1.165, 1.54) is 5.56 Å². The monoisotopic (exact) mass is 220 g/mol. The number of carboxylic acids is 1. The zero-order valence-corrected chi connectivity index (χ0v) is 10.2. The molecule has 2 heteroatoms. The highest BCUT2D eigenvalue weighted by molar-refractivity contribution is 5.70. The summed E-state index contributed by atoms with van der Waals surface area (Å²) in [6, 6.07) is 10.1. The summed E-state index contributed by atoms with van der Waals surface area (Å²) in [4.78, 5) is 11.2. The van der Waals surface area contributed by atoms with Gasteiger partial charge in [-0.1, -0.05) is 51.1 Å². The van der Waals surface area contributed by atoms with Crippen LogP contribution in [-0.4, -0.2) is 11.1 Å². The molecule has 0 saturated carbocycles. The molecule has 0 aromatic heterocycles. The highest BCUT2D eigenvalue weighted by atomic mass is 16.4. The minimum atomic E-state index is -0.691. The standard InChI is InChI=1S/C14H20O2/c1-4-12(13(15)16)14(2,3)10-11-8-6-5-7-9-11/h5-9,12H,4,10H2,1-3H3,(H,15,16). The van der Waals surface area contributed by atoms with Crippen LogP contribution in [0.1, 0.15) is 32.8 Å². The Kier molecular flexibility index (Phi) is 4.11. The van der Waals surface area contributed by atoms with Gasteiger partial charge in [0.05, 0.1) is 5.92 Å². The molecule has 1 atom stereocenters. The van der Waals surface area contributed by atoms with Gasteiger partial charge in [0.2, 0.25) is 0 Å². The molecule has 0 fully saturated rings. The largest absolute Gasteiger partial charge is 0.481 e. The molecule has 1 aromatic carbocycles. The third kappa shape index (κ3) is 3.09. The zero-order valence-electron chi connectivity index (χ0n) is 10.2. The highest BCUT2D eigenvalue weighted by Crippen LogP contribution is 2.33. The third-order valence-electron chi connectivity index (χ3n) is 3.15. The van der Waals surface area contributed by atoms with Crippen molar-refractivity contribution in [2.24, 2.45) is 11.3 Å². The lowest BCUT2D eigenvalue weighted by molar-refractivity contribution is -0.146. The molecule has 1 N–H and O–H groups in total. The second-order valence-electron chi connectivity index (χ2n) is 4.95. The predicted octanol–water partition coefficient (Wildman–Crippen LogP) is 3.37. The fourth-order valence-corrected chi connectivity index (χ4v) is 2.31. The highest BCUT2D eigenvalue weighted by Gasteiger charge is 2.33. The minimum absolute atomic E-state index is 0.206. The van der Waals surface area contributed by atoms with Crippen LogP contribution in [0.2, 0.25) is 0 Å². The van der Waals surface area contributed by atoms with E-state index in [9.17, 15) is 9.90 Å². The number of hydrogen-bond donors (Lipinski definition) is 1. The van der Waals surface area contributed by atoms with Crippen LogP contribution in [0, 0.1) is 11.3 Å². The molecular weight excluding hydrogens is 200 g/mol. The summed E-state index contributed by atoms with van der Waals surface area (Å²) in [6.07, 6.45) is 1.48. The quantitative estimate of drug-likeness (QED) is 0.826. The van der Waals surface area contributed by atoms with Gasteiger partial charge < -0.3 is 5.11 Å². The van der Waals surface area contributed by atoms with E-state index in [4.69, 9.17) is 0 Å². The molecule has 0 amide bonds. The first-order chi connectivity index (χ1) is 7.47. The van der Waals surface area contributed by atoms with Crippen molar-refractivity contribution < 1.29 is 9.90 Å². The Morgan fingerprint density at radius 2 is 1.88 bits per heavy atom. The SMILES string of the molecule is CCC(C(=O)O)C(C)(C)Cc1ccccc1. The van der Waals surface area contributed by atoms with E-state index in [0.717, 1.165) is 6.42 Å². The molecule has 88 valence electrons. The molecule has 0 bridgehead atoms. The van der Waals surface area contributed by atoms with Crippen molar-refractivity contribution in [3.8, 4) is 0 Å². The molecular formula is C14H20O2. The van der Waals surface area contributed by atoms with Gasteiger partial charge in [0, 0.05) is 0 Å². The summed E-state index contributed by atoms with van der Waals surface area (Å²) in [7, 11) is 0. The van der Waals surface area contributed by atoms with E-state index in [0.29, 0.717) is 6.42 Å². The molecule has 1 aromatic rings. The van der Waals surface area contributed by atoms with Gasteiger partial charge in [0.25, 0.3) is 0 Å². The average Bonchev–Trinajstić information content (AvgIpc) is 2.18. The van der Waals surface area contributed by atoms with Crippen LogP contribution in [0.25, 0.3) is 0 Å². The van der Waals surface area contributed by atoms with Crippen LogP contribution < -0.4 is 0 Å². The van der Waals surface area contributed by atoms with Crippen LogP contribution in [0.15, 0.2) is 30.3 Å². The number of carbonyl (C=O) groups is 1. The molecule has 0 radical (unpaired) electrons.